The number of nitrogens with zero attached hydrogens (tertiary/aromatic N) is 1. The first-order valence-electron chi connectivity index (χ1n) is 9.84. The Bertz CT molecular complexity index is 1280. The van der Waals surface area contributed by atoms with E-state index in [2.05, 4.69) is 11.9 Å². The van der Waals surface area contributed by atoms with Crippen LogP contribution in [-0.2, 0) is 14.8 Å². The van der Waals surface area contributed by atoms with Gasteiger partial charge in [0.1, 0.15) is 0 Å². The fourth-order valence-corrected chi connectivity index (χ4v) is 5.37. The summed E-state index contributed by atoms with van der Waals surface area (Å²) >= 11 is 0. The van der Waals surface area contributed by atoms with Crippen LogP contribution in [0.25, 0.3) is 5.57 Å². The van der Waals surface area contributed by atoms with Crippen molar-refractivity contribution in [3.63, 3.8) is 0 Å². The number of para-hydroxylation sites is 1. The van der Waals surface area contributed by atoms with Gasteiger partial charge in [-0.2, -0.15) is 0 Å². The fourth-order valence-electron chi connectivity index (χ4n) is 3.65. The molecule has 4 rings (SSSR count). The molecule has 0 saturated heterocycles. The number of nitrogens with one attached hydrogen (secondary N) is 1. The van der Waals surface area contributed by atoms with Gasteiger partial charge in [-0.15, -0.1) is 6.58 Å². The normalized spacial score (nSPS) is 14.7. The summed E-state index contributed by atoms with van der Waals surface area (Å²) in [6.07, 6.45) is 1.51. The number of rotatable bonds is 5. The SMILES string of the molecule is C=CCN1c2ccccc2C(c2ccccc2)=C(C(=O)Nc2ccc(C)cc2)S1(=O)=O. The van der Waals surface area contributed by atoms with Crippen LogP contribution in [0.2, 0.25) is 0 Å². The van der Waals surface area contributed by atoms with Crippen molar-refractivity contribution in [2.24, 2.45) is 0 Å². The highest BCUT2D eigenvalue weighted by Gasteiger charge is 2.40. The number of sulfonamides is 1. The maximum absolute atomic E-state index is 13.7. The van der Waals surface area contributed by atoms with E-state index in [-0.39, 0.29) is 11.4 Å². The van der Waals surface area contributed by atoms with Crippen molar-refractivity contribution in [3.8, 4) is 0 Å². The summed E-state index contributed by atoms with van der Waals surface area (Å²) in [5.74, 6) is -0.675. The van der Waals surface area contributed by atoms with Crippen molar-refractivity contribution in [2.75, 3.05) is 16.2 Å². The van der Waals surface area contributed by atoms with Crippen LogP contribution < -0.4 is 9.62 Å². The molecule has 3 aromatic rings. The van der Waals surface area contributed by atoms with E-state index in [0.29, 0.717) is 28.1 Å². The number of aryl methyl sites for hydroxylation is 1. The average molecular weight is 431 g/mol. The molecule has 0 spiro atoms. The summed E-state index contributed by atoms with van der Waals surface area (Å²) in [6, 6.07) is 23.5. The van der Waals surface area contributed by atoms with Gasteiger partial charge in [-0.25, -0.2) is 8.42 Å². The highest BCUT2D eigenvalue weighted by Crippen LogP contribution is 2.42. The van der Waals surface area contributed by atoms with Gasteiger partial charge in [0.2, 0.25) is 0 Å². The Morgan fingerprint density at radius 1 is 0.968 bits per heavy atom. The lowest BCUT2D eigenvalue weighted by atomic mass is 9.95. The van der Waals surface area contributed by atoms with E-state index in [1.165, 1.54) is 10.4 Å². The molecule has 0 aromatic heterocycles. The summed E-state index contributed by atoms with van der Waals surface area (Å²) in [5, 5.41) is 2.76. The number of hydrogen-bond donors (Lipinski definition) is 1. The van der Waals surface area contributed by atoms with Crippen molar-refractivity contribution >= 4 is 32.9 Å². The highest BCUT2D eigenvalue weighted by molar-refractivity contribution is 7.97. The maximum Gasteiger partial charge on any atom is 0.270 e. The minimum Gasteiger partial charge on any atom is -0.321 e. The van der Waals surface area contributed by atoms with Gasteiger partial charge in [-0.05, 0) is 30.7 Å². The van der Waals surface area contributed by atoms with E-state index in [9.17, 15) is 13.2 Å². The zero-order chi connectivity index (χ0) is 22.0. The van der Waals surface area contributed by atoms with E-state index in [0.717, 1.165) is 5.56 Å². The number of carbonyl (C=O) groups excluding carboxylic acids is 1. The summed E-state index contributed by atoms with van der Waals surface area (Å²) in [6.45, 7) is 5.69. The quantitative estimate of drug-likeness (QED) is 0.595. The molecule has 6 heteroatoms. The van der Waals surface area contributed by atoms with Gasteiger partial charge in [0.25, 0.3) is 15.9 Å². The molecule has 1 heterocycles. The first-order chi connectivity index (χ1) is 14.9. The highest BCUT2D eigenvalue weighted by atomic mass is 32.2. The summed E-state index contributed by atoms with van der Waals surface area (Å²) in [5.41, 5.74) is 3.82. The number of hydrogen-bond acceptors (Lipinski definition) is 3. The molecule has 31 heavy (non-hydrogen) atoms. The van der Waals surface area contributed by atoms with E-state index in [4.69, 9.17) is 0 Å². The van der Waals surface area contributed by atoms with Crippen molar-refractivity contribution in [1.82, 2.24) is 0 Å². The average Bonchev–Trinajstić information content (AvgIpc) is 2.77. The molecular formula is C25H22N2O3S. The summed E-state index contributed by atoms with van der Waals surface area (Å²) in [7, 11) is -4.14. The Morgan fingerprint density at radius 3 is 2.29 bits per heavy atom. The predicted octanol–water partition coefficient (Wildman–Crippen LogP) is 4.73. The molecule has 0 radical (unpaired) electrons. The van der Waals surface area contributed by atoms with Gasteiger partial charge >= 0.3 is 0 Å². The lowest BCUT2D eigenvalue weighted by molar-refractivity contribution is -0.112. The third-order valence-electron chi connectivity index (χ3n) is 5.09. The van der Waals surface area contributed by atoms with Crippen LogP contribution in [0.15, 0.2) is 96.4 Å². The van der Waals surface area contributed by atoms with Crippen molar-refractivity contribution in [3.05, 3.63) is 113 Å². The smallest absolute Gasteiger partial charge is 0.270 e. The maximum atomic E-state index is 13.7. The predicted molar refractivity (Wildman–Crippen MR) is 125 cm³/mol. The van der Waals surface area contributed by atoms with Crippen LogP contribution in [0.1, 0.15) is 16.7 Å². The van der Waals surface area contributed by atoms with Gasteiger partial charge in [0, 0.05) is 16.8 Å². The summed E-state index contributed by atoms with van der Waals surface area (Å²) in [4.78, 5) is 13.1. The fraction of sp³-hybridized carbons (Fsp3) is 0.0800. The minimum absolute atomic E-state index is 0.0583. The Balaban J connectivity index is 1.97. The van der Waals surface area contributed by atoms with Crippen LogP contribution >= 0.6 is 0 Å². The Morgan fingerprint density at radius 2 is 1.61 bits per heavy atom. The number of fused-ring (bicyclic) bond motifs is 1. The number of amides is 1. The Kier molecular flexibility index (Phi) is 5.48. The molecule has 0 unspecified atom stereocenters. The lowest BCUT2D eigenvalue weighted by Crippen LogP contribution is -2.39. The third kappa shape index (κ3) is 3.78. The molecule has 156 valence electrons. The van der Waals surface area contributed by atoms with Crippen LogP contribution in [0.4, 0.5) is 11.4 Å². The van der Waals surface area contributed by atoms with Crippen LogP contribution in [0, 0.1) is 6.92 Å². The zero-order valence-electron chi connectivity index (χ0n) is 17.1. The molecule has 0 atom stereocenters. The van der Waals surface area contributed by atoms with E-state index >= 15 is 0 Å². The van der Waals surface area contributed by atoms with Crippen LogP contribution in [0.5, 0.6) is 0 Å². The second kappa shape index (κ2) is 8.24. The number of carbonyl (C=O) groups is 1. The second-order valence-electron chi connectivity index (χ2n) is 7.23. The molecular weight excluding hydrogens is 408 g/mol. The van der Waals surface area contributed by atoms with E-state index < -0.39 is 15.9 Å². The van der Waals surface area contributed by atoms with Crippen LogP contribution in [-0.4, -0.2) is 20.9 Å². The molecule has 0 aliphatic carbocycles. The van der Waals surface area contributed by atoms with Crippen molar-refractivity contribution in [1.29, 1.82) is 0 Å². The molecule has 1 N–H and O–H groups in total. The zero-order valence-corrected chi connectivity index (χ0v) is 17.9. The van der Waals surface area contributed by atoms with E-state index in [1.54, 1.807) is 24.3 Å². The van der Waals surface area contributed by atoms with Crippen molar-refractivity contribution < 1.29 is 13.2 Å². The van der Waals surface area contributed by atoms with E-state index in [1.807, 2.05) is 61.5 Å². The van der Waals surface area contributed by atoms with Crippen LogP contribution in [0.3, 0.4) is 0 Å². The molecule has 1 aliphatic rings. The first kappa shape index (κ1) is 20.6. The standard InChI is InChI=1S/C25H22N2O3S/c1-3-17-27-22-12-8-7-11-21(22)23(19-9-5-4-6-10-19)24(31(27,29)30)25(28)26-20-15-13-18(2)14-16-20/h3-16H,1,17H2,2H3,(H,26,28). The van der Waals surface area contributed by atoms with Gasteiger partial charge in [0.15, 0.2) is 4.91 Å². The van der Waals surface area contributed by atoms with Gasteiger partial charge in [0.05, 0.1) is 12.2 Å². The second-order valence-corrected chi connectivity index (χ2v) is 9.03. The minimum atomic E-state index is -4.14. The largest absolute Gasteiger partial charge is 0.321 e. The summed E-state index contributed by atoms with van der Waals surface area (Å²) < 4.78 is 28.6. The molecule has 1 aliphatic heterocycles. The van der Waals surface area contributed by atoms with Gasteiger partial charge in [-0.3, -0.25) is 9.10 Å². The lowest BCUT2D eigenvalue weighted by Gasteiger charge is -2.32. The monoisotopic (exact) mass is 430 g/mol. The Hall–Kier alpha value is -3.64. The van der Waals surface area contributed by atoms with Crippen molar-refractivity contribution in [2.45, 2.75) is 6.92 Å². The molecule has 5 nitrogen and oxygen atoms in total. The molecule has 3 aromatic carbocycles. The third-order valence-corrected chi connectivity index (χ3v) is 6.92. The number of anilines is 2. The molecule has 1 amide bonds. The molecule has 0 fully saturated rings. The van der Waals surface area contributed by atoms with Gasteiger partial charge in [-0.1, -0.05) is 72.3 Å². The molecule has 0 saturated carbocycles. The Labute approximate surface area is 182 Å². The first-order valence-corrected chi connectivity index (χ1v) is 11.3. The molecule has 0 bridgehead atoms. The topological polar surface area (TPSA) is 66.5 Å². The number of benzene rings is 3. The van der Waals surface area contributed by atoms with Gasteiger partial charge < -0.3 is 5.32 Å².